The molecule has 0 saturated heterocycles. The van der Waals surface area contributed by atoms with Crippen molar-refractivity contribution >= 4 is 11.6 Å². The molecule has 0 heterocycles. The topological polar surface area (TPSA) is 64.3 Å². The molecule has 0 bridgehead atoms. The molecule has 106 valence electrons. The Bertz CT molecular complexity index is 526. The van der Waals surface area contributed by atoms with Crippen LogP contribution < -0.4 is 4.90 Å². The summed E-state index contributed by atoms with van der Waals surface area (Å²) < 4.78 is 0. The number of aromatic hydroxyl groups is 1. The molecule has 1 aliphatic rings. The van der Waals surface area contributed by atoms with E-state index in [1.165, 1.54) is 4.90 Å². The van der Waals surface area contributed by atoms with Gasteiger partial charge in [-0.1, -0.05) is 31.7 Å². The summed E-state index contributed by atoms with van der Waals surface area (Å²) in [6.07, 6.45) is 5.29. The molecule has 1 aliphatic carbocycles. The average Bonchev–Trinajstić information content (AvgIpc) is 2.72. The smallest absolute Gasteiger partial charge is 0.247 e. The van der Waals surface area contributed by atoms with Gasteiger partial charge in [-0.3, -0.25) is 4.79 Å². The zero-order valence-electron chi connectivity index (χ0n) is 11.8. The molecule has 1 N–H and O–H groups in total. The summed E-state index contributed by atoms with van der Waals surface area (Å²) >= 11 is 0. The van der Waals surface area contributed by atoms with Gasteiger partial charge in [0.1, 0.15) is 11.2 Å². The van der Waals surface area contributed by atoms with Crippen molar-refractivity contribution in [3.8, 4) is 11.8 Å². The number of carbonyl (C=O) groups is 1. The first-order valence-corrected chi connectivity index (χ1v) is 7.07. The Morgan fingerprint density at radius 1 is 1.30 bits per heavy atom. The van der Waals surface area contributed by atoms with Crippen LogP contribution in [0.15, 0.2) is 24.3 Å². The van der Waals surface area contributed by atoms with E-state index in [9.17, 15) is 15.2 Å². The number of anilines is 1. The molecular weight excluding hydrogens is 252 g/mol. The second-order valence-electron chi connectivity index (χ2n) is 5.49. The second-order valence-corrected chi connectivity index (χ2v) is 5.49. The maximum absolute atomic E-state index is 12.7. The van der Waals surface area contributed by atoms with Crippen molar-refractivity contribution in [1.29, 1.82) is 5.26 Å². The number of hydrogen-bond acceptors (Lipinski definition) is 3. The predicted molar refractivity (Wildman–Crippen MR) is 77.3 cm³/mol. The van der Waals surface area contributed by atoms with Crippen LogP contribution in [0.5, 0.6) is 5.75 Å². The minimum atomic E-state index is -0.906. The van der Waals surface area contributed by atoms with Gasteiger partial charge in [-0.25, -0.2) is 0 Å². The molecule has 2 rings (SSSR count). The predicted octanol–water partition coefficient (Wildman–Crippen LogP) is 3.22. The first-order valence-electron chi connectivity index (χ1n) is 7.07. The molecular formula is C16H20N2O2. The van der Waals surface area contributed by atoms with Crippen molar-refractivity contribution in [2.24, 2.45) is 5.41 Å². The fourth-order valence-corrected chi connectivity index (χ4v) is 2.85. The normalized spacial score (nSPS) is 17.8. The highest BCUT2D eigenvalue weighted by atomic mass is 16.3. The third kappa shape index (κ3) is 2.77. The van der Waals surface area contributed by atoms with Crippen molar-refractivity contribution in [1.82, 2.24) is 0 Å². The molecule has 1 fully saturated rings. The summed E-state index contributed by atoms with van der Waals surface area (Å²) in [7, 11) is 1.67. The summed E-state index contributed by atoms with van der Waals surface area (Å²) in [6.45, 7) is 0. The van der Waals surface area contributed by atoms with Crippen LogP contribution in [-0.4, -0.2) is 18.1 Å². The number of carbonyl (C=O) groups excluding carboxylic acids is 1. The van der Waals surface area contributed by atoms with Crippen LogP contribution in [0.2, 0.25) is 0 Å². The lowest BCUT2D eigenvalue weighted by molar-refractivity contribution is -0.125. The van der Waals surface area contributed by atoms with E-state index in [1.54, 1.807) is 31.3 Å². The van der Waals surface area contributed by atoms with Crippen molar-refractivity contribution in [2.45, 2.75) is 38.5 Å². The summed E-state index contributed by atoms with van der Waals surface area (Å²) in [5.74, 6) is -0.0403. The van der Waals surface area contributed by atoms with E-state index in [2.05, 4.69) is 6.07 Å². The Morgan fingerprint density at radius 3 is 2.50 bits per heavy atom. The minimum Gasteiger partial charge on any atom is -0.508 e. The fourth-order valence-electron chi connectivity index (χ4n) is 2.85. The summed E-state index contributed by atoms with van der Waals surface area (Å²) in [4.78, 5) is 14.2. The van der Waals surface area contributed by atoms with E-state index in [1.807, 2.05) is 0 Å². The van der Waals surface area contributed by atoms with E-state index in [-0.39, 0.29) is 11.7 Å². The van der Waals surface area contributed by atoms with Gasteiger partial charge < -0.3 is 10.0 Å². The van der Waals surface area contributed by atoms with Crippen LogP contribution >= 0.6 is 0 Å². The van der Waals surface area contributed by atoms with Crippen LogP contribution in [-0.2, 0) is 4.79 Å². The van der Waals surface area contributed by atoms with E-state index >= 15 is 0 Å². The number of benzene rings is 1. The number of phenols is 1. The van der Waals surface area contributed by atoms with Crippen molar-refractivity contribution in [2.75, 3.05) is 11.9 Å². The Morgan fingerprint density at radius 2 is 1.95 bits per heavy atom. The third-order valence-electron chi connectivity index (χ3n) is 4.10. The molecule has 1 aromatic rings. The van der Waals surface area contributed by atoms with Crippen LogP contribution in [0.1, 0.15) is 38.5 Å². The van der Waals surface area contributed by atoms with E-state index in [4.69, 9.17) is 0 Å². The van der Waals surface area contributed by atoms with E-state index < -0.39 is 5.41 Å². The molecule has 0 aromatic heterocycles. The number of nitrogens with zero attached hydrogens (tertiary/aromatic N) is 2. The molecule has 1 aromatic carbocycles. The monoisotopic (exact) mass is 272 g/mol. The van der Waals surface area contributed by atoms with Crippen LogP contribution in [0.25, 0.3) is 0 Å². The van der Waals surface area contributed by atoms with E-state index in [0.29, 0.717) is 18.5 Å². The van der Waals surface area contributed by atoms with Crippen LogP contribution in [0.4, 0.5) is 5.69 Å². The van der Waals surface area contributed by atoms with Gasteiger partial charge in [0.25, 0.3) is 0 Å². The zero-order valence-corrected chi connectivity index (χ0v) is 11.8. The lowest BCUT2D eigenvalue weighted by atomic mass is 9.80. The molecule has 4 heteroatoms. The van der Waals surface area contributed by atoms with Gasteiger partial charge in [0.15, 0.2) is 0 Å². The standard InChI is InChI=1S/C16H20N2O2/c1-18(13-7-6-8-14(19)11-13)15(20)16(12-17)9-4-2-3-5-10-16/h6-8,11,19H,2-5,9-10H2,1H3. The molecule has 0 atom stereocenters. The fraction of sp³-hybridized carbons (Fsp3) is 0.500. The number of amides is 1. The Balaban J connectivity index is 2.26. The number of hydrogen-bond donors (Lipinski definition) is 1. The summed E-state index contributed by atoms with van der Waals surface area (Å²) in [6, 6.07) is 8.83. The third-order valence-corrected chi connectivity index (χ3v) is 4.10. The Kier molecular flexibility index (Phi) is 4.29. The molecule has 20 heavy (non-hydrogen) atoms. The summed E-state index contributed by atoms with van der Waals surface area (Å²) in [5.41, 5.74) is -0.287. The largest absolute Gasteiger partial charge is 0.508 e. The minimum absolute atomic E-state index is 0.119. The lowest BCUT2D eigenvalue weighted by Crippen LogP contribution is -2.41. The van der Waals surface area contributed by atoms with Crippen molar-refractivity contribution in [3.63, 3.8) is 0 Å². The number of nitriles is 1. The molecule has 0 spiro atoms. The highest BCUT2D eigenvalue weighted by molar-refractivity contribution is 5.99. The Labute approximate surface area is 119 Å². The SMILES string of the molecule is CN(C(=O)C1(C#N)CCCCCC1)c1cccc(O)c1. The molecule has 0 unspecified atom stereocenters. The maximum atomic E-state index is 12.7. The zero-order chi connectivity index (χ0) is 14.6. The van der Waals surface area contributed by atoms with Crippen molar-refractivity contribution < 1.29 is 9.90 Å². The van der Waals surface area contributed by atoms with Crippen LogP contribution in [0.3, 0.4) is 0 Å². The lowest BCUT2D eigenvalue weighted by Gasteiger charge is -2.29. The van der Waals surface area contributed by atoms with Gasteiger partial charge in [-0.05, 0) is 25.0 Å². The van der Waals surface area contributed by atoms with Gasteiger partial charge in [0.2, 0.25) is 5.91 Å². The first-order chi connectivity index (χ1) is 9.59. The highest BCUT2D eigenvalue weighted by Gasteiger charge is 2.41. The quantitative estimate of drug-likeness (QED) is 0.841. The summed E-state index contributed by atoms with van der Waals surface area (Å²) in [5, 5.41) is 19.1. The second kappa shape index (κ2) is 5.96. The number of phenolic OH excluding ortho intramolecular Hbond substituents is 1. The van der Waals surface area contributed by atoms with Gasteiger partial charge >= 0.3 is 0 Å². The highest BCUT2D eigenvalue weighted by Crippen LogP contribution is 2.37. The molecule has 1 amide bonds. The Hall–Kier alpha value is -2.02. The molecule has 1 saturated carbocycles. The number of rotatable bonds is 2. The molecule has 4 nitrogen and oxygen atoms in total. The molecule has 0 aliphatic heterocycles. The van der Waals surface area contributed by atoms with Gasteiger partial charge in [-0.2, -0.15) is 5.26 Å². The van der Waals surface area contributed by atoms with Gasteiger partial charge in [0, 0.05) is 18.8 Å². The molecule has 0 radical (unpaired) electrons. The van der Waals surface area contributed by atoms with Crippen LogP contribution in [0, 0.1) is 16.7 Å². The van der Waals surface area contributed by atoms with Gasteiger partial charge in [0.05, 0.1) is 6.07 Å². The first kappa shape index (κ1) is 14.4. The van der Waals surface area contributed by atoms with E-state index in [0.717, 1.165) is 25.7 Å². The maximum Gasteiger partial charge on any atom is 0.247 e. The van der Waals surface area contributed by atoms with Crippen molar-refractivity contribution in [3.05, 3.63) is 24.3 Å². The average molecular weight is 272 g/mol. The van der Waals surface area contributed by atoms with Gasteiger partial charge in [-0.15, -0.1) is 0 Å².